The number of oxime groups is 1. The highest BCUT2D eigenvalue weighted by Gasteiger charge is 2.09. The summed E-state index contributed by atoms with van der Waals surface area (Å²) in [5, 5.41) is 20.1. The van der Waals surface area contributed by atoms with Crippen molar-refractivity contribution >= 4 is 22.1 Å². The average molecular weight is 290 g/mol. The Kier molecular flexibility index (Phi) is 5.07. The minimum absolute atomic E-state index is 0.0688. The maximum atomic E-state index is 8.67. The molecule has 1 aromatic rings. The van der Waals surface area contributed by atoms with Gasteiger partial charge in [-0.3, -0.25) is 0 Å². The van der Waals surface area contributed by atoms with Crippen molar-refractivity contribution in [3.63, 3.8) is 0 Å². The Balaban J connectivity index is 3.05. The molecule has 2 N–H and O–H groups in total. The summed E-state index contributed by atoms with van der Waals surface area (Å²) in [7, 11) is 1.51. The molecule has 0 amide bonds. The van der Waals surface area contributed by atoms with E-state index in [9.17, 15) is 0 Å². The zero-order valence-corrected chi connectivity index (χ0v) is 10.3. The first-order chi connectivity index (χ1) is 7.72. The molecule has 0 aliphatic carbocycles. The predicted molar refractivity (Wildman–Crippen MR) is 62.7 cm³/mol. The van der Waals surface area contributed by atoms with Crippen LogP contribution in [0.1, 0.15) is 5.56 Å². The lowest BCUT2D eigenvalue weighted by atomic mass is 10.2. The second-order valence-corrected chi connectivity index (χ2v) is 3.70. The Bertz CT molecular complexity index is 381. The van der Waals surface area contributed by atoms with Gasteiger partial charge in [0.2, 0.25) is 0 Å². The topological polar surface area (TPSA) is 71.3 Å². The summed E-state index contributed by atoms with van der Waals surface area (Å²) < 4.78 is 11.1. The third kappa shape index (κ3) is 3.11. The Morgan fingerprint density at radius 3 is 2.75 bits per heavy atom. The summed E-state index contributed by atoms with van der Waals surface area (Å²) in [6, 6.07) is 3.35. The Hall–Kier alpha value is -1.27. The van der Waals surface area contributed by atoms with Crippen molar-refractivity contribution in [2.45, 2.75) is 0 Å². The van der Waals surface area contributed by atoms with Crippen LogP contribution < -0.4 is 9.47 Å². The molecule has 0 aliphatic heterocycles. The highest BCUT2D eigenvalue weighted by Crippen LogP contribution is 2.32. The molecule has 16 heavy (non-hydrogen) atoms. The molecular formula is C10H12BrNO4. The summed E-state index contributed by atoms with van der Waals surface area (Å²) in [5.74, 6) is 1.02. The van der Waals surface area contributed by atoms with Crippen molar-refractivity contribution in [3.8, 4) is 11.5 Å². The number of methoxy groups -OCH3 is 1. The normalized spacial score (nSPS) is 10.7. The molecular weight excluding hydrogens is 278 g/mol. The number of rotatable bonds is 5. The number of aliphatic hydroxyl groups excluding tert-OH is 1. The fraction of sp³-hybridized carbons (Fsp3) is 0.300. The summed E-state index contributed by atoms with van der Waals surface area (Å²) in [6.07, 6.45) is 1.28. The molecule has 1 rings (SSSR count). The molecule has 0 spiro atoms. The lowest BCUT2D eigenvalue weighted by molar-refractivity contribution is 0.196. The first-order valence-corrected chi connectivity index (χ1v) is 5.30. The monoisotopic (exact) mass is 289 g/mol. The van der Waals surface area contributed by atoms with E-state index in [2.05, 4.69) is 21.1 Å². The Morgan fingerprint density at radius 1 is 1.44 bits per heavy atom. The van der Waals surface area contributed by atoms with Gasteiger partial charge < -0.3 is 19.8 Å². The molecule has 0 atom stereocenters. The Morgan fingerprint density at radius 2 is 2.19 bits per heavy atom. The fourth-order valence-electron chi connectivity index (χ4n) is 1.14. The number of aliphatic hydroxyl groups is 1. The van der Waals surface area contributed by atoms with Gasteiger partial charge in [0, 0.05) is 10.0 Å². The molecule has 0 bridgehead atoms. The minimum atomic E-state index is -0.0688. The van der Waals surface area contributed by atoms with E-state index in [-0.39, 0.29) is 13.2 Å². The van der Waals surface area contributed by atoms with Crippen LogP contribution in [0.2, 0.25) is 0 Å². The quantitative estimate of drug-likeness (QED) is 0.491. The maximum Gasteiger partial charge on any atom is 0.162 e. The van der Waals surface area contributed by atoms with E-state index in [1.54, 1.807) is 12.1 Å². The molecule has 0 aromatic heterocycles. The molecule has 0 radical (unpaired) electrons. The number of ether oxygens (including phenoxy) is 2. The van der Waals surface area contributed by atoms with E-state index in [0.29, 0.717) is 21.5 Å². The van der Waals surface area contributed by atoms with E-state index in [0.717, 1.165) is 0 Å². The first kappa shape index (κ1) is 12.8. The average Bonchev–Trinajstić information content (AvgIpc) is 2.29. The number of nitrogens with zero attached hydrogens (tertiary/aromatic N) is 1. The lowest BCUT2D eigenvalue weighted by Gasteiger charge is -2.11. The van der Waals surface area contributed by atoms with Gasteiger partial charge in [-0.1, -0.05) is 5.16 Å². The van der Waals surface area contributed by atoms with Gasteiger partial charge >= 0.3 is 0 Å². The Labute approximate surface area is 101 Å². The van der Waals surface area contributed by atoms with Gasteiger partial charge in [0.1, 0.15) is 6.61 Å². The van der Waals surface area contributed by atoms with Crippen molar-refractivity contribution in [3.05, 3.63) is 22.2 Å². The SMILES string of the molecule is COc1cc(/C=N/O)c(Br)cc1OCCO. The van der Waals surface area contributed by atoms with Crippen LogP contribution in [0.5, 0.6) is 11.5 Å². The van der Waals surface area contributed by atoms with E-state index in [4.69, 9.17) is 19.8 Å². The van der Waals surface area contributed by atoms with Gasteiger partial charge in [-0.15, -0.1) is 0 Å². The van der Waals surface area contributed by atoms with Crippen molar-refractivity contribution in [2.75, 3.05) is 20.3 Å². The zero-order valence-electron chi connectivity index (χ0n) is 8.68. The summed E-state index contributed by atoms with van der Waals surface area (Å²) in [5.41, 5.74) is 0.663. The fourth-order valence-corrected chi connectivity index (χ4v) is 1.56. The summed E-state index contributed by atoms with van der Waals surface area (Å²) in [6.45, 7) is 0.122. The smallest absolute Gasteiger partial charge is 0.162 e. The van der Waals surface area contributed by atoms with Gasteiger partial charge in [0.25, 0.3) is 0 Å². The van der Waals surface area contributed by atoms with Gasteiger partial charge in [-0.05, 0) is 28.1 Å². The minimum Gasteiger partial charge on any atom is -0.493 e. The number of benzene rings is 1. The molecule has 0 saturated carbocycles. The van der Waals surface area contributed by atoms with Crippen LogP contribution in [0.4, 0.5) is 0 Å². The highest BCUT2D eigenvalue weighted by molar-refractivity contribution is 9.10. The number of hydrogen-bond acceptors (Lipinski definition) is 5. The van der Waals surface area contributed by atoms with Gasteiger partial charge in [0.05, 0.1) is 19.9 Å². The molecule has 0 aliphatic rings. The van der Waals surface area contributed by atoms with Crippen LogP contribution >= 0.6 is 15.9 Å². The molecule has 6 heteroatoms. The van der Waals surface area contributed by atoms with Gasteiger partial charge in [-0.2, -0.15) is 0 Å². The van der Waals surface area contributed by atoms with Gasteiger partial charge in [0.15, 0.2) is 11.5 Å². The molecule has 0 unspecified atom stereocenters. The largest absolute Gasteiger partial charge is 0.493 e. The summed E-state index contributed by atoms with van der Waals surface area (Å²) >= 11 is 3.30. The van der Waals surface area contributed by atoms with Crippen LogP contribution in [0.15, 0.2) is 21.8 Å². The molecule has 0 fully saturated rings. The number of halogens is 1. The van der Waals surface area contributed by atoms with Gasteiger partial charge in [-0.25, -0.2) is 0 Å². The maximum absolute atomic E-state index is 8.67. The summed E-state index contributed by atoms with van der Waals surface area (Å²) in [4.78, 5) is 0. The van der Waals surface area contributed by atoms with Crippen LogP contribution in [0, 0.1) is 0 Å². The van der Waals surface area contributed by atoms with Crippen molar-refractivity contribution in [2.24, 2.45) is 5.16 Å². The third-order valence-corrected chi connectivity index (χ3v) is 2.52. The standard InChI is InChI=1S/C10H12BrNO4/c1-15-9-4-7(6-12-14)8(11)5-10(9)16-3-2-13/h4-6,13-14H,2-3H2,1H3/b12-6+. The first-order valence-electron chi connectivity index (χ1n) is 4.51. The van der Waals surface area contributed by atoms with E-state index >= 15 is 0 Å². The second-order valence-electron chi connectivity index (χ2n) is 2.84. The van der Waals surface area contributed by atoms with Crippen LogP contribution in [-0.4, -0.2) is 36.9 Å². The van der Waals surface area contributed by atoms with E-state index in [1.165, 1.54) is 13.3 Å². The van der Waals surface area contributed by atoms with Crippen LogP contribution in [-0.2, 0) is 0 Å². The van der Waals surface area contributed by atoms with Crippen molar-refractivity contribution in [1.29, 1.82) is 0 Å². The molecule has 0 heterocycles. The zero-order chi connectivity index (χ0) is 12.0. The van der Waals surface area contributed by atoms with Crippen LogP contribution in [0.25, 0.3) is 0 Å². The highest BCUT2D eigenvalue weighted by atomic mass is 79.9. The van der Waals surface area contributed by atoms with E-state index in [1.807, 2.05) is 0 Å². The molecule has 88 valence electrons. The van der Waals surface area contributed by atoms with Crippen LogP contribution in [0.3, 0.4) is 0 Å². The third-order valence-electron chi connectivity index (χ3n) is 1.83. The molecule has 1 aromatic carbocycles. The molecule has 5 nitrogen and oxygen atoms in total. The lowest BCUT2D eigenvalue weighted by Crippen LogP contribution is -2.03. The van der Waals surface area contributed by atoms with Crippen molar-refractivity contribution < 1.29 is 19.8 Å². The number of hydrogen-bond donors (Lipinski definition) is 2. The molecule has 0 saturated heterocycles. The van der Waals surface area contributed by atoms with E-state index < -0.39 is 0 Å². The van der Waals surface area contributed by atoms with Crippen molar-refractivity contribution in [1.82, 2.24) is 0 Å². The predicted octanol–water partition coefficient (Wildman–Crippen LogP) is 1.64. The second kappa shape index (κ2) is 6.34.